The van der Waals surface area contributed by atoms with Crippen LogP contribution in [0.3, 0.4) is 0 Å². The van der Waals surface area contributed by atoms with E-state index in [1.54, 1.807) is 0 Å². The van der Waals surface area contributed by atoms with E-state index in [1.165, 1.54) is 12.1 Å². The summed E-state index contributed by atoms with van der Waals surface area (Å²) in [6, 6.07) is 2.66. The molecule has 0 aliphatic carbocycles. The van der Waals surface area contributed by atoms with Crippen molar-refractivity contribution >= 4 is 11.9 Å². The predicted octanol–water partition coefficient (Wildman–Crippen LogP) is 2.39. The third-order valence-corrected chi connectivity index (χ3v) is 4.04. The first-order valence-electron chi connectivity index (χ1n) is 8.03. The molecule has 0 saturated heterocycles. The number of rotatable bonds is 5. The van der Waals surface area contributed by atoms with E-state index in [2.05, 4.69) is 15.6 Å². The Morgan fingerprint density at radius 1 is 1.33 bits per heavy atom. The summed E-state index contributed by atoms with van der Waals surface area (Å²) in [5.74, 6) is -2.68. The maximum atomic E-state index is 14.0. The number of hydrogen-bond donors (Lipinski definition) is 4. The normalized spacial score (nSPS) is 21.3. The second kappa shape index (κ2) is 8.51. The van der Waals surface area contributed by atoms with Crippen molar-refractivity contribution < 1.29 is 37.0 Å². The standard InChI is InChI=1S/C16H18F5N3O3/c17-11-3-1-2-10(13(11)18)8-4-12(24-15(26)27)14(22-6-8)23-7-9(25)5-16(19,20)21/h1-3,8-9,12,24-25H,4-7H2,(H,22,23)(H,26,27)/t8-,9?,12+/m1/s1. The first-order chi connectivity index (χ1) is 12.6. The molecule has 150 valence electrons. The SMILES string of the molecule is O=C(O)N[C@H]1C[C@@H](c2cccc(F)c2F)CN=C1NCC(O)CC(F)(F)F. The van der Waals surface area contributed by atoms with Crippen molar-refractivity contribution in [2.45, 2.75) is 37.1 Å². The first-order valence-corrected chi connectivity index (χ1v) is 8.03. The molecule has 1 aromatic rings. The number of nitrogens with one attached hydrogen (secondary N) is 2. The summed E-state index contributed by atoms with van der Waals surface area (Å²) in [5, 5.41) is 23.0. The molecule has 0 radical (unpaired) electrons. The Hall–Kier alpha value is -2.43. The van der Waals surface area contributed by atoms with Gasteiger partial charge in [0.2, 0.25) is 0 Å². The number of halogens is 5. The molecule has 0 spiro atoms. The van der Waals surface area contributed by atoms with Crippen molar-refractivity contribution in [3.8, 4) is 0 Å². The van der Waals surface area contributed by atoms with Crippen molar-refractivity contribution in [2.75, 3.05) is 13.1 Å². The molecule has 3 atom stereocenters. The highest BCUT2D eigenvalue weighted by atomic mass is 19.4. The average molecular weight is 395 g/mol. The van der Waals surface area contributed by atoms with Gasteiger partial charge in [0.15, 0.2) is 11.6 Å². The van der Waals surface area contributed by atoms with Gasteiger partial charge in [-0.15, -0.1) is 0 Å². The molecular formula is C16H18F5N3O3. The molecule has 0 saturated carbocycles. The van der Waals surface area contributed by atoms with Crippen LogP contribution in [0.2, 0.25) is 0 Å². The minimum Gasteiger partial charge on any atom is -0.465 e. The molecule has 2 rings (SSSR count). The number of aliphatic hydroxyl groups excluding tert-OH is 1. The van der Waals surface area contributed by atoms with Crippen molar-refractivity contribution in [1.82, 2.24) is 10.6 Å². The van der Waals surface area contributed by atoms with E-state index in [9.17, 15) is 31.9 Å². The predicted molar refractivity (Wildman–Crippen MR) is 85.6 cm³/mol. The van der Waals surface area contributed by atoms with Gasteiger partial charge in [0, 0.05) is 19.0 Å². The molecule has 1 heterocycles. The molecule has 1 aliphatic rings. The molecule has 1 aliphatic heterocycles. The van der Waals surface area contributed by atoms with E-state index in [1.807, 2.05) is 0 Å². The molecule has 1 amide bonds. The maximum Gasteiger partial charge on any atom is 0.405 e. The number of aliphatic imine (C=N–C) groups is 1. The van der Waals surface area contributed by atoms with Crippen LogP contribution in [-0.4, -0.2) is 53.6 Å². The zero-order valence-corrected chi connectivity index (χ0v) is 13.9. The van der Waals surface area contributed by atoms with Crippen LogP contribution >= 0.6 is 0 Å². The summed E-state index contributed by atoms with van der Waals surface area (Å²) in [5.41, 5.74) is 0.0343. The van der Waals surface area contributed by atoms with Gasteiger partial charge in [-0.3, -0.25) is 4.99 Å². The first kappa shape index (κ1) is 20.9. The largest absolute Gasteiger partial charge is 0.465 e. The molecule has 0 bridgehead atoms. The molecular weight excluding hydrogens is 377 g/mol. The Morgan fingerprint density at radius 3 is 2.67 bits per heavy atom. The molecule has 27 heavy (non-hydrogen) atoms. The van der Waals surface area contributed by atoms with Crippen LogP contribution < -0.4 is 10.6 Å². The Morgan fingerprint density at radius 2 is 2.04 bits per heavy atom. The zero-order chi connectivity index (χ0) is 20.2. The lowest BCUT2D eigenvalue weighted by Crippen LogP contribution is -2.51. The quantitative estimate of drug-likeness (QED) is 0.576. The summed E-state index contributed by atoms with van der Waals surface area (Å²) < 4.78 is 64.1. The van der Waals surface area contributed by atoms with Crippen LogP contribution in [0.15, 0.2) is 23.2 Å². The third kappa shape index (κ3) is 6.05. The van der Waals surface area contributed by atoms with Gasteiger partial charge >= 0.3 is 12.3 Å². The van der Waals surface area contributed by atoms with Gasteiger partial charge in [0.1, 0.15) is 5.84 Å². The highest BCUT2D eigenvalue weighted by Gasteiger charge is 2.33. The van der Waals surface area contributed by atoms with E-state index >= 15 is 0 Å². The van der Waals surface area contributed by atoms with Gasteiger partial charge < -0.3 is 20.8 Å². The molecule has 4 N–H and O–H groups in total. The van der Waals surface area contributed by atoms with E-state index in [4.69, 9.17) is 5.11 Å². The van der Waals surface area contributed by atoms with Crippen molar-refractivity contribution in [3.05, 3.63) is 35.4 Å². The lowest BCUT2D eigenvalue weighted by Gasteiger charge is -2.30. The molecule has 6 nitrogen and oxygen atoms in total. The number of amides is 1. The number of carboxylic acid groups (broad SMARTS) is 1. The lowest BCUT2D eigenvalue weighted by molar-refractivity contribution is -0.152. The zero-order valence-electron chi connectivity index (χ0n) is 13.9. The van der Waals surface area contributed by atoms with E-state index in [0.29, 0.717) is 0 Å². The minimum absolute atomic E-state index is 0.0180. The Labute approximate surface area is 151 Å². The van der Waals surface area contributed by atoms with E-state index in [0.717, 1.165) is 6.07 Å². The van der Waals surface area contributed by atoms with E-state index in [-0.39, 0.29) is 24.4 Å². The molecule has 1 aromatic carbocycles. The van der Waals surface area contributed by atoms with Gasteiger partial charge in [0.05, 0.1) is 18.6 Å². The van der Waals surface area contributed by atoms with Gasteiger partial charge in [-0.05, 0) is 18.1 Å². The number of alkyl halides is 3. The highest BCUT2D eigenvalue weighted by molar-refractivity contribution is 5.90. The molecule has 0 fully saturated rings. The second-order valence-electron chi connectivity index (χ2n) is 6.16. The smallest absolute Gasteiger partial charge is 0.405 e. The maximum absolute atomic E-state index is 14.0. The summed E-state index contributed by atoms with van der Waals surface area (Å²) in [6.07, 6.45) is -9.11. The molecule has 0 aromatic heterocycles. The van der Waals surface area contributed by atoms with Gasteiger partial charge in [-0.2, -0.15) is 13.2 Å². The monoisotopic (exact) mass is 395 g/mol. The van der Waals surface area contributed by atoms with Crippen LogP contribution in [0, 0.1) is 11.6 Å². The second-order valence-corrected chi connectivity index (χ2v) is 6.16. The summed E-state index contributed by atoms with van der Waals surface area (Å²) in [7, 11) is 0. The number of benzene rings is 1. The van der Waals surface area contributed by atoms with Gasteiger partial charge in [-0.1, -0.05) is 12.1 Å². The number of amidine groups is 1. The number of aliphatic hydroxyl groups is 1. The fourth-order valence-corrected chi connectivity index (χ4v) is 2.87. The number of carbonyl (C=O) groups is 1. The Bertz CT molecular complexity index is 711. The van der Waals surface area contributed by atoms with Crippen LogP contribution in [0.25, 0.3) is 0 Å². The lowest BCUT2D eigenvalue weighted by atomic mass is 9.89. The molecule has 11 heteroatoms. The Balaban J connectivity index is 2.11. The van der Waals surface area contributed by atoms with Crippen LogP contribution in [-0.2, 0) is 0 Å². The van der Waals surface area contributed by atoms with E-state index < -0.39 is 54.9 Å². The van der Waals surface area contributed by atoms with Crippen LogP contribution in [0.4, 0.5) is 26.7 Å². The topological polar surface area (TPSA) is 94.0 Å². The summed E-state index contributed by atoms with van der Waals surface area (Å²) >= 11 is 0. The van der Waals surface area contributed by atoms with Crippen LogP contribution in [0.5, 0.6) is 0 Å². The van der Waals surface area contributed by atoms with Crippen molar-refractivity contribution in [2.24, 2.45) is 4.99 Å². The third-order valence-electron chi connectivity index (χ3n) is 4.04. The van der Waals surface area contributed by atoms with Crippen molar-refractivity contribution in [3.63, 3.8) is 0 Å². The average Bonchev–Trinajstić information content (AvgIpc) is 2.54. The molecule has 1 unspecified atom stereocenters. The minimum atomic E-state index is -4.55. The van der Waals surface area contributed by atoms with Crippen molar-refractivity contribution in [1.29, 1.82) is 0 Å². The van der Waals surface area contributed by atoms with Gasteiger partial charge in [0.25, 0.3) is 0 Å². The number of hydrogen-bond acceptors (Lipinski definition) is 4. The Kier molecular flexibility index (Phi) is 6.58. The van der Waals surface area contributed by atoms with Gasteiger partial charge in [-0.25, -0.2) is 13.6 Å². The number of nitrogens with zero attached hydrogens (tertiary/aromatic N) is 1. The van der Waals surface area contributed by atoms with Crippen LogP contribution in [0.1, 0.15) is 24.3 Å². The highest BCUT2D eigenvalue weighted by Crippen LogP contribution is 2.29. The summed E-state index contributed by atoms with van der Waals surface area (Å²) in [4.78, 5) is 15.0. The fourth-order valence-electron chi connectivity index (χ4n) is 2.87. The summed E-state index contributed by atoms with van der Waals surface area (Å²) in [6.45, 7) is -0.509. The fraction of sp³-hybridized carbons (Fsp3) is 0.500.